The molecule has 7 heteroatoms. The van der Waals surface area contributed by atoms with Crippen LogP contribution in [0.15, 0.2) is 65.7 Å². The quantitative estimate of drug-likeness (QED) is 0.594. The first-order valence-electron chi connectivity index (χ1n) is 10.5. The second-order valence-corrected chi connectivity index (χ2v) is 8.45. The van der Waals surface area contributed by atoms with E-state index in [1.165, 1.54) is 11.8 Å². The zero-order valence-corrected chi connectivity index (χ0v) is 18.4. The molecule has 1 aromatic heterocycles. The molecule has 160 valence electrons. The number of carbonyl (C=O) groups excluding carboxylic acids is 2. The molecule has 3 aromatic rings. The van der Waals surface area contributed by atoms with Crippen molar-refractivity contribution in [2.24, 2.45) is 0 Å². The summed E-state index contributed by atoms with van der Waals surface area (Å²) in [6.07, 6.45) is 2.33. The fraction of sp³-hybridized carbons (Fsp3) is 0.292. The number of aromatic nitrogens is 1. The molecule has 1 aliphatic rings. The average molecular weight is 435 g/mol. The predicted molar refractivity (Wildman–Crippen MR) is 127 cm³/mol. The SMILES string of the molecule is CCC(=O)N1CCN(c2ccc(NC(=O)CSc3cccc4cccnc34)cc2)CC1. The number of para-hydroxylation sites is 1. The van der Waals surface area contributed by atoms with Gasteiger partial charge in [-0.1, -0.05) is 25.1 Å². The second kappa shape index (κ2) is 9.83. The Morgan fingerprint density at radius 3 is 2.48 bits per heavy atom. The third-order valence-corrected chi connectivity index (χ3v) is 6.45. The van der Waals surface area contributed by atoms with Crippen LogP contribution in [0.25, 0.3) is 10.9 Å². The molecule has 0 unspecified atom stereocenters. The summed E-state index contributed by atoms with van der Waals surface area (Å²) in [5, 5.41) is 4.04. The van der Waals surface area contributed by atoms with E-state index in [9.17, 15) is 9.59 Å². The average Bonchev–Trinajstić information content (AvgIpc) is 2.83. The second-order valence-electron chi connectivity index (χ2n) is 7.44. The highest BCUT2D eigenvalue weighted by Gasteiger charge is 2.20. The van der Waals surface area contributed by atoms with Crippen LogP contribution in [0.5, 0.6) is 0 Å². The summed E-state index contributed by atoms with van der Waals surface area (Å²) in [7, 11) is 0. The lowest BCUT2D eigenvalue weighted by Crippen LogP contribution is -2.48. The highest BCUT2D eigenvalue weighted by Crippen LogP contribution is 2.26. The first-order chi connectivity index (χ1) is 15.1. The van der Waals surface area contributed by atoms with E-state index in [0.29, 0.717) is 12.2 Å². The lowest BCUT2D eigenvalue weighted by Gasteiger charge is -2.36. The van der Waals surface area contributed by atoms with Gasteiger partial charge in [0.1, 0.15) is 0 Å². The van der Waals surface area contributed by atoms with Crippen LogP contribution in [0.3, 0.4) is 0 Å². The highest BCUT2D eigenvalue weighted by molar-refractivity contribution is 8.00. The van der Waals surface area contributed by atoms with E-state index >= 15 is 0 Å². The first-order valence-corrected chi connectivity index (χ1v) is 11.5. The topological polar surface area (TPSA) is 65.5 Å². The number of nitrogens with one attached hydrogen (secondary N) is 1. The standard InChI is InChI=1S/C24H26N4O2S/c1-2-23(30)28-15-13-27(14-16-28)20-10-8-19(9-11-20)26-22(29)17-31-21-7-3-5-18-6-4-12-25-24(18)21/h3-12H,2,13-17H2,1H3,(H,26,29). The van der Waals surface area contributed by atoms with Crippen LogP contribution in [0, 0.1) is 0 Å². The molecular formula is C24H26N4O2S. The Kier molecular flexibility index (Phi) is 6.72. The van der Waals surface area contributed by atoms with Crippen LogP contribution in [0.2, 0.25) is 0 Å². The lowest BCUT2D eigenvalue weighted by molar-refractivity contribution is -0.131. The molecule has 1 N–H and O–H groups in total. The number of piperazine rings is 1. The van der Waals surface area contributed by atoms with Gasteiger partial charge in [-0.2, -0.15) is 0 Å². The fourth-order valence-electron chi connectivity index (χ4n) is 3.73. The van der Waals surface area contributed by atoms with E-state index < -0.39 is 0 Å². The molecule has 0 bridgehead atoms. The number of hydrogen-bond donors (Lipinski definition) is 1. The summed E-state index contributed by atoms with van der Waals surface area (Å²) in [5.41, 5.74) is 2.82. The van der Waals surface area contributed by atoms with E-state index in [-0.39, 0.29) is 11.8 Å². The number of hydrogen-bond acceptors (Lipinski definition) is 5. The molecule has 0 atom stereocenters. The van der Waals surface area contributed by atoms with Gasteiger partial charge in [0, 0.05) is 60.5 Å². The minimum absolute atomic E-state index is 0.0441. The molecular weight excluding hydrogens is 408 g/mol. The van der Waals surface area contributed by atoms with Gasteiger partial charge in [0.05, 0.1) is 11.3 Å². The van der Waals surface area contributed by atoms with Gasteiger partial charge in [-0.3, -0.25) is 14.6 Å². The normalized spacial score (nSPS) is 14.0. The number of pyridine rings is 1. The van der Waals surface area contributed by atoms with Crippen LogP contribution < -0.4 is 10.2 Å². The molecule has 0 aliphatic carbocycles. The number of thioether (sulfide) groups is 1. The lowest BCUT2D eigenvalue weighted by atomic mass is 10.2. The molecule has 1 fully saturated rings. The molecule has 31 heavy (non-hydrogen) atoms. The van der Waals surface area contributed by atoms with Gasteiger partial charge in [-0.05, 0) is 36.4 Å². The van der Waals surface area contributed by atoms with E-state index in [1.807, 2.05) is 66.4 Å². The van der Waals surface area contributed by atoms with Crippen molar-refractivity contribution in [3.05, 3.63) is 60.8 Å². The van der Waals surface area contributed by atoms with E-state index in [4.69, 9.17) is 0 Å². The van der Waals surface area contributed by atoms with E-state index in [1.54, 1.807) is 6.20 Å². The van der Waals surface area contributed by atoms with Gasteiger partial charge in [-0.25, -0.2) is 0 Å². The van der Waals surface area contributed by atoms with E-state index in [0.717, 1.165) is 53.4 Å². The summed E-state index contributed by atoms with van der Waals surface area (Å²) in [5.74, 6) is 0.498. The zero-order valence-electron chi connectivity index (χ0n) is 17.6. The number of fused-ring (bicyclic) bond motifs is 1. The predicted octanol–water partition coefficient (Wildman–Crippen LogP) is 4.02. The number of nitrogens with zero attached hydrogens (tertiary/aromatic N) is 3. The Hall–Kier alpha value is -3.06. The molecule has 0 spiro atoms. The monoisotopic (exact) mass is 434 g/mol. The molecule has 0 saturated carbocycles. The van der Waals surface area contributed by atoms with Crippen LogP contribution in [0.4, 0.5) is 11.4 Å². The van der Waals surface area contributed by atoms with Crippen LogP contribution in [0.1, 0.15) is 13.3 Å². The maximum atomic E-state index is 12.4. The highest BCUT2D eigenvalue weighted by atomic mass is 32.2. The molecule has 6 nitrogen and oxygen atoms in total. The summed E-state index contributed by atoms with van der Waals surface area (Å²) >= 11 is 1.49. The minimum atomic E-state index is -0.0441. The fourth-order valence-corrected chi connectivity index (χ4v) is 4.57. The Morgan fingerprint density at radius 1 is 1.00 bits per heavy atom. The van der Waals surface area contributed by atoms with Gasteiger partial charge in [0.25, 0.3) is 0 Å². The number of benzene rings is 2. The Bertz CT molecular complexity index is 1060. The smallest absolute Gasteiger partial charge is 0.234 e. The Balaban J connectivity index is 1.30. The number of rotatable bonds is 6. The Morgan fingerprint density at radius 2 is 1.74 bits per heavy atom. The summed E-state index contributed by atoms with van der Waals surface area (Å²) in [6, 6.07) is 17.9. The number of amides is 2. The van der Waals surface area contributed by atoms with Crippen LogP contribution >= 0.6 is 11.8 Å². The van der Waals surface area contributed by atoms with Crippen molar-refractivity contribution in [1.82, 2.24) is 9.88 Å². The van der Waals surface area contributed by atoms with Gasteiger partial charge in [0.15, 0.2) is 0 Å². The van der Waals surface area contributed by atoms with Crippen molar-refractivity contribution in [2.75, 3.05) is 42.1 Å². The largest absolute Gasteiger partial charge is 0.368 e. The maximum absolute atomic E-state index is 12.4. The zero-order chi connectivity index (χ0) is 21.6. The number of carbonyl (C=O) groups is 2. The van der Waals surface area contributed by atoms with Crippen LogP contribution in [-0.4, -0.2) is 53.6 Å². The van der Waals surface area contributed by atoms with Gasteiger partial charge in [0.2, 0.25) is 11.8 Å². The van der Waals surface area contributed by atoms with Crippen molar-refractivity contribution >= 4 is 45.9 Å². The third kappa shape index (κ3) is 5.17. The van der Waals surface area contributed by atoms with Crippen molar-refractivity contribution < 1.29 is 9.59 Å². The summed E-state index contributed by atoms with van der Waals surface area (Å²) < 4.78 is 0. The minimum Gasteiger partial charge on any atom is -0.368 e. The molecule has 2 aromatic carbocycles. The molecule has 1 aliphatic heterocycles. The molecule has 2 amide bonds. The summed E-state index contributed by atoms with van der Waals surface area (Å²) in [6.45, 7) is 5.07. The van der Waals surface area contributed by atoms with Gasteiger partial charge >= 0.3 is 0 Å². The molecule has 0 radical (unpaired) electrons. The van der Waals surface area contributed by atoms with Crippen molar-refractivity contribution in [2.45, 2.75) is 18.2 Å². The van der Waals surface area contributed by atoms with Crippen molar-refractivity contribution in [3.63, 3.8) is 0 Å². The molecule has 4 rings (SSSR count). The van der Waals surface area contributed by atoms with Gasteiger partial charge < -0.3 is 15.1 Å². The first kappa shape index (κ1) is 21.2. The third-order valence-electron chi connectivity index (χ3n) is 5.41. The maximum Gasteiger partial charge on any atom is 0.234 e. The van der Waals surface area contributed by atoms with Crippen LogP contribution in [-0.2, 0) is 9.59 Å². The molecule has 2 heterocycles. The van der Waals surface area contributed by atoms with Crippen molar-refractivity contribution in [3.8, 4) is 0 Å². The van der Waals surface area contributed by atoms with Gasteiger partial charge in [-0.15, -0.1) is 11.8 Å². The van der Waals surface area contributed by atoms with E-state index in [2.05, 4.69) is 15.2 Å². The molecule has 1 saturated heterocycles. The number of anilines is 2. The summed E-state index contributed by atoms with van der Waals surface area (Å²) in [4.78, 5) is 33.9. The van der Waals surface area contributed by atoms with Crippen molar-refractivity contribution in [1.29, 1.82) is 0 Å². The Labute approximate surface area is 186 Å².